The number of carbonyl (C=O) groups is 1. The third kappa shape index (κ3) is 5.11. The van der Waals surface area contributed by atoms with Crippen molar-refractivity contribution in [3.63, 3.8) is 0 Å². The molecule has 2 saturated heterocycles. The summed E-state index contributed by atoms with van der Waals surface area (Å²) in [6.45, 7) is 5.44. The first-order valence-corrected chi connectivity index (χ1v) is 13.4. The second-order valence-corrected chi connectivity index (χ2v) is 12.0. The maximum absolute atomic E-state index is 13.1. The van der Waals surface area contributed by atoms with Gasteiger partial charge in [-0.15, -0.1) is 0 Å². The topological polar surface area (TPSA) is 88.6 Å². The first-order chi connectivity index (χ1) is 15.4. The van der Waals surface area contributed by atoms with E-state index >= 15 is 0 Å². The number of pyridine rings is 1. The van der Waals surface area contributed by atoms with E-state index in [4.69, 9.17) is 16.3 Å². The van der Waals surface area contributed by atoms with Crippen LogP contribution in [0, 0.1) is 6.92 Å². The standard InChI is InChI=1S/C24H30ClN3O4S/c1-15-5-9-21(20(25)11-15)32-24(2,3)23(29)27-16-12-17-6-7-18(13-16)28(17)22-10-8-19(14-26-22)33(4,30)31/h5,8-11,14,16-18H,6-7,12-13H2,1-4H3,(H,27,29)/t16-,17+,18-. The molecule has 0 aliphatic carbocycles. The molecule has 3 atom stereocenters. The monoisotopic (exact) mass is 491 g/mol. The van der Waals surface area contributed by atoms with E-state index in [9.17, 15) is 13.2 Å². The van der Waals surface area contributed by atoms with E-state index < -0.39 is 15.4 Å². The highest BCUT2D eigenvalue weighted by atomic mass is 35.5. The van der Waals surface area contributed by atoms with Gasteiger partial charge < -0.3 is 15.0 Å². The number of anilines is 1. The number of aromatic nitrogens is 1. The molecule has 9 heteroatoms. The van der Waals surface area contributed by atoms with Gasteiger partial charge >= 0.3 is 0 Å². The quantitative estimate of drug-likeness (QED) is 0.658. The number of nitrogens with one attached hydrogen (secondary N) is 1. The van der Waals surface area contributed by atoms with Crippen LogP contribution in [0.25, 0.3) is 0 Å². The molecular weight excluding hydrogens is 462 g/mol. The van der Waals surface area contributed by atoms with Gasteiger partial charge in [0, 0.05) is 30.6 Å². The van der Waals surface area contributed by atoms with Gasteiger partial charge in [-0.25, -0.2) is 13.4 Å². The number of aryl methyl sites for hydroxylation is 1. The largest absolute Gasteiger partial charge is 0.476 e. The number of nitrogens with zero attached hydrogens (tertiary/aromatic N) is 2. The van der Waals surface area contributed by atoms with E-state index in [2.05, 4.69) is 15.2 Å². The van der Waals surface area contributed by atoms with Gasteiger partial charge in [-0.05, 0) is 76.3 Å². The van der Waals surface area contributed by atoms with Crippen LogP contribution in [0.2, 0.25) is 5.02 Å². The summed E-state index contributed by atoms with van der Waals surface area (Å²) < 4.78 is 29.4. The number of hydrogen-bond acceptors (Lipinski definition) is 6. The van der Waals surface area contributed by atoms with Crippen molar-refractivity contribution >= 4 is 33.2 Å². The molecule has 2 bridgehead atoms. The zero-order chi connectivity index (χ0) is 24.0. The first kappa shape index (κ1) is 23.8. The van der Waals surface area contributed by atoms with Gasteiger partial charge in [-0.1, -0.05) is 17.7 Å². The summed E-state index contributed by atoms with van der Waals surface area (Å²) in [6, 6.07) is 9.44. The van der Waals surface area contributed by atoms with Crippen molar-refractivity contribution in [2.24, 2.45) is 0 Å². The van der Waals surface area contributed by atoms with Gasteiger partial charge in [0.25, 0.3) is 5.91 Å². The second-order valence-electron chi connectivity index (χ2n) is 9.60. The molecule has 0 radical (unpaired) electrons. The third-order valence-electron chi connectivity index (χ3n) is 6.48. The molecule has 1 aromatic carbocycles. The van der Waals surface area contributed by atoms with Crippen molar-refractivity contribution in [1.29, 1.82) is 0 Å². The number of hydrogen-bond donors (Lipinski definition) is 1. The minimum absolute atomic E-state index is 0.0397. The summed E-state index contributed by atoms with van der Waals surface area (Å²) in [6.07, 6.45) is 6.25. The van der Waals surface area contributed by atoms with Crippen molar-refractivity contribution in [3.05, 3.63) is 47.1 Å². The Hall–Kier alpha value is -2.32. The number of rotatable bonds is 6. The molecule has 178 valence electrons. The summed E-state index contributed by atoms with van der Waals surface area (Å²) >= 11 is 6.29. The molecule has 1 N–H and O–H groups in total. The molecule has 33 heavy (non-hydrogen) atoms. The Morgan fingerprint density at radius 2 is 1.85 bits per heavy atom. The molecule has 2 fully saturated rings. The van der Waals surface area contributed by atoms with Crippen LogP contribution in [0.3, 0.4) is 0 Å². The molecule has 0 spiro atoms. The van der Waals surface area contributed by atoms with Crippen LogP contribution in [-0.2, 0) is 14.6 Å². The Morgan fingerprint density at radius 1 is 1.18 bits per heavy atom. The van der Waals surface area contributed by atoms with Gasteiger partial charge in [-0.3, -0.25) is 4.79 Å². The van der Waals surface area contributed by atoms with Crippen molar-refractivity contribution in [2.75, 3.05) is 11.2 Å². The van der Waals surface area contributed by atoms with Crippen LogP contribution in [0.1, 0.15) is 45.1 Å². The lowest BCUT2D eigenvalue weighted by atomic mass is 9.96. The fourth-order valence-electron chi connectivity index (χ4n) is 4.78. The molecule has 2 aliphatic rings. The summed E-state index contributed by atoms with van der Waals surface area (Å²) in [5.74, 6) is 1.10. The number of carbonyl (C=O) groups excluding carboxylic acids is 1. The fourth-order valence-corrected chi connectivity index (χ4v) is 5.62. The number of sulfone groups is 1. The van der Waals surface area contributed by atoms with Gasteiger partial charge in [0.2, 0.25) is 0 Å². The summed E-state index contributed by atoms with van der Waals surface area (Å²) in [7, 11) is -3.27. The second kappa shape index (κ2) is 8.80. The highest BCUT2D eigenvalue weighted by molar-refractivity contribution is 7.90. The van der Waals surface area contributed by atoms with E-state index in [0.717, 1.165) is 37.1 Å². The van der Waals surface area contributed by atoms with Crippen molar-refractivity contribution < 1.29 is 17.9 Å². The fraction of sp³-hybridized carbons (Fsp3) is 0.500. The number of ether oxygens (including phenoxy) is 1. The van der Waals surface area contributed by atoms with Crippen LogP contribution < -0.4 is 15.0 Å². The maximum Gasteiger partial charge on any atom is 0.263 e. The van der Waals surface area contributed by atoms with Crippen LogP contribution in [0.5, 0.6) is 5.75 Å². The Kier molecular flexibility index (Phi) is 6.35. The van der Waals surface area contributed by atoms with E-state index in [1.165, 1.54) is 12.5 Å². The molecule has 0 unspecified atom stereocenters. The molecule has 0 saturated carbocycles. The average Bonchev–Trinajstić information content (AvgIpc) is 3.00. The predicted molar refractivity (Wildman–Crippen MR) is 129 cm³/mol. The predicted octanol–water partition coefficient (Wildman–Crippen LogP) is 3.92. The summed E-state index contributed by atoms with van der Waals surface area (Å²) in [4.78, 5) is 20.0. The summed E-state index contributed by atoms with van der Waals surface area (Å²) in [5, 5.41) is 3.66. The highest BCUT2D eigenvalue weighted by Gasteiger charge is 2.43. The molecule has 4 rings (SSSR count). The van der Waals surface area contributed by atoms with E-state index in [1.807, 2.05) is 19.1 Å². The average molecular weight is 492 g/mol. The number of piperidine rings is 1. The minimum Gasteiger partial charge on any atom is -0.476 e. The van der Waals surface area contributed by atoms with Crippen LogP contribution in [0.4, 0.5) is 5.82 Å². The van der Waals surface area contributed by atoms with Crippen molar-refractivity contribution in [2.45, 2.75) is 75.1 Å². The Bertz CT molecular complexity index is 1140. The molecule has 7 nitrogen and oxygen atoms in total. The lowest BCUT2D eigenvalue weighted by Gasteiger charge is -2.40. The molecular formula is C24H30ClN3O4S. The van der Waals surface area contributed by atoms with Crippen LogP contribution in [-0.4, -0.2) is 49.3 Å². The molecule has 1 amide bonds. The molecule has 2 aromatic rings. The SMILES string of the molecule is Cc1ccc(OC(C)(C)C(=O)N[C@H]2C[C@H]3CC[C@@H](C2)N3c2ccc(S(C)(=O)=O)cn2)c(Cl)c1. The van der Waals surface area contributed by atoms with Gasteiger partial charge in [-0.2, -0.15) is 0 Å². The van der Waals surface area contributed by atoms with Crippen molar-refractivity contribution in [1.82, 2.24) is 10.3 Å². The third-order valence-corrected chi connectivity index (χ3v) is 7.87. The number of benzene rings is 1. The van der Waals surface area contributed by atoms with Gasteiger partial charge in [0.15, 0.2) is 15.4 Å². The van der Waals surface area contributed by atoms with E-state index in [1.54, 1.807) is 32.0 Å². The van der Waals surface area contributed by atoms with Gasteiger partial charge in [0.1, 0.15) is 11.6 Å². The van der Waals surface area contributed by atoms with E-state index in [-0.39, 0.29) is 28.9 Å². The Labute approximate surface area is 200 Å². The number of fused-ring (bicyclic) bond motifs is 2. The van der Waals surface area contributed by atoms with Gasteiger partial charge in [0.05, 0.1) is 9.92 Å². The molecule has 1 aromatic heterocycles. The number of amides is 1. The molecule has 3 heterocycles. The Morgan fingerprint density at radius 3 is 2.39 bits per heavy atom. The Balaban J connectivity index is 1.41. The summed E-state index contributed by atoms with van der Waals surface area (Å²) in [5.41, 5.74) is -0.0460. The smallest absolute Gasteiger partial charge is 0.263 e. The highest BCUT2D eigenvalue weighted by Crippen LogP contribution is 2.39. The molecule has 2 aliphatic heterocycles. The van der Waals surface area contributed by atoms with Crippen LogP contribution in [0.15, 0.2) is 41.4 Å². The zero-order valence-corrected chi connectivity index (χ0v) is 20.9. The lowest BCUT2D eigenvalue weighted by Crippen LogP contribution is -2.55. The first-order valence-electron chi connectivity index (χ1n) is 11.1. The normalized spacial score (nSPS) is 22.8. The van der Waals surface area contributed by atoms with E-state index in [0.29, 0.717) is 10.8 Å². The lowest BCUT2D eigenvalue weighted by molar-refractivity contribution is -0.135. The van der Waals surface area contributed by atoms with Crippen LogP contribution >= 0.6 is 11.6 Å². The van der Waals surface area contributed by atoms with Crippen molar-refractivity contribution in [3.8, 4) is 5.75 Å². The minimum atomic E-state index is -3.27. The zero-order valence-electron chi connectivity index (χ0n) is 19.3. The number of halogens is 1. The maximum atomic E-state index is 13.1.